The fraction of sp³-hybridized carbons (Fsp3) is 0.435. The van der Waals surface area contributed by atoms with Gasteiger partial charge in [0.05, 0.1) is 17.3 Å². The Kier molecular flexibility index (Phi) is 6.88. The normalized spacial score (nSPS) is 17.8. The summed E-state index contributed by atoms with van der Waals surface area (Å²) in [4.78, 5) is 26.2. The topological polar surface area (TPSA) is 80.2 Å². The molecule has 1 fully saturated rings. The number of fused-ring (bicyclic) bond motifs is 1. The number of hydrogen-bond acceptors (Lipinski definition) is 7. The number of hydrogen-bond donors (Lipinski definition) is 0. The molecule has 3 heterocycles. The Labute approximate surface area is 197 Å². The van der Waals surface area contributed by atoms with Gasteiger partial charge in [0.25, 0.3) is 0 Å². The Morgan fingerprint density at radius 3 is 2.66 bits per heavy atom. The second-order valence-corrected chi connectivity index (χ2v) is 12.8. The van der Waals surface area contributed by atoms with E-state index in [2.05, 4.69) is 28.2 Å². The molecule has 0 aliphatic carbocycles. The van der Waals surface area contributed by atoms with Gasteiger partial charge in [0.2, 0.25) is 5.91 Å². The fourth-order valence-electron chi connectivity index (χ4n) is 3.93. The van der Waals surface area contributed by atoms with Crippen molar-refractivity contribution < 1.29 is 13.2 Å². The van der Waals surface area contributed by atoms with Crippen LogP contribution in [0.1, 0.15) is 26.1 Å². The average Bonchev–Trinajstić information content (AvgIpc) is 3.33. The van der Waals surface area contributed by atoms with Crippen molar-refractivity contribution >= 4 is 49.1 Å². The molecule has 4 rings (SSSR count). The molecule has 9 heteroatoms. The smallest absolute Gasteiger partial charge is 0.233 e. The van der Waals surface area contributed by atoms with E-state index in [0.717, 1.165) is 25.7 Å². The van der Waals surface area contributed by atoms with Crippen LogP contribution in [0.3, 0.4) is 0 Å². The highest BCUT2D eigenvalue weighted by Gasteiger charge is 2.34. The summed E-state index contributed by atoms with van der Waals surface area (Å²) in [5.74, 6) is 1.37. The van der Waals surface area contributed by atoms with Gasteiger partial charge in [0, 0.05) is 22.8 Å². The van der Waals surface area contributed by atoms with Crippen molar-refractivity contribution in [3.8, 4) is 10.4 Å². The standard InChI is InChI=1S/C23H27N3O3S3/c1-15(2)12-26(18-9-10-32(28,29)14-18)21(27)13-30-22-19-11-20(17-7-5-4-6-8-17)31-23(19)25-16(3)24-22/h4-8,11,15,18H,9-10,12-14H2,1-3H3. The van der Waals surface area contributed by atoms with Crippen LogP contribution < -0.4 is 0 Å². The molecule has 1 aliphatic rings. The number of sulfone groups is 1. The first-order valence-electron chi connectivity index (χ1n) is 10.7. The molecule has 170 valence electrons. The molecule has 1 aromatic carbocycles. The van der Waals surface area contributed by atoms with E-state index in [0.29, 0.717) is 18.8 Å². The third-order valence-corrected chi connectivity index (χ3v) is 9.20. The zero-order valence-electron chi connectivity index (χ0n) is 18.4. The molecule has 1 aliphatic heterocycles. The number of benzene rings is 1. The highest BCUT2D eigenvalue weighted by atomic mass is 32.2. The minimum atomic E-state index is -3.05. The predicted molar refractivity (Wildman–Crippen MR) is 132 cm³/mol. The van der Waals surface area contributed by atoms with Crippen LogP contribution in [0, 0.1) is 12.8 Å². The molecule has 0 radical (unpaired) electrons. The van der Waals surface area contributed by atoms with Crippen LogP contribution in [0.25, 0.3) is 20.7 Å². The largest absolute Gasteiger partial charge is 0.338 e. The summed E-state index contributed by atoms with van der Waals surface area (Å²) in [6, 6.07) is 12.0. The average molecular weight is 490 g/mol. The molecule has 6 nitrogen and oxygen atoms in total. The van der Waals surface area contributed by atoms with Gasteiger partial charge in [-0.2, -0.15) is 0 Å². The lowest BCUT2D eigenvalue weighted by Crippen LogP contribution is -2.44. The van der Waals surface area contributed by atoms with Gasteiger partial charge in [0.1, 0.15) is 15.7 Å². The molecule has 1 saturated heterocycles. The summed E-state index contributed by atoms with van der Waals surface area (Å²) in [6.07, 6.45) is 0.521. The van der Waals surface area contributed by atoms with Crippen LogP contribution in [0.15, 0.2) is 41.4 Å². The first-order valence-corrected chi connectivity index (χ1v) is 14.3. The Hall–Kier alpha value is -1.97. The number of aryl methyl sites for hydroxylation is 1. The van der Waals surface area contributed by atoms with E-state index in [1.807, 2.05) is 39.0 Å². The molecule has 1 unspecified atom stereocenters. The zero-order valence-corrected chi connectivity index (χ0v) is 20.9. The maximum absolute atomic E-state index is 13.2. The quantitative estimate of drug-likeness (QED) is 0.361. The maximum atomic E-state index is 13.2. The minimum absolute atomic E-state index is 0.0336. The third-order valence-electron chi connectivity index (χ3n) is 5.39. The maximum Gasteiger partial charge on any atom is 0.233 e. The Balaban J connectivity index is 1.56. The van der Waals surface area contributed by atoms with E-state index in [9.17, 15) is 13.2 Å². The van der Waals surface area contributed by atoms with Crippen molar-refractivity contribution in [2.75, 3.05) is 23.8 Å². The van der Waals surface area contributed by atoms with Gasteiger partial charge >= 0.3 is 0 Å². The van der Waals surface area contributed by atoms with Gasteiger partial charge in [-0.05, 0) is 30.9 Å². The van der Waals surface area contributed by atoms with E-state index in [-0.39, 0.29) is 35.1 Å². The molecule has 32 heavy (non-hydrogen) atoms. The van der Waals surface area contributed by atoms with Gasteiger partial charge < -0.3 is 4.90 Å². The molecular formula is C23H27N3O3S3. The monoisotopic (exact) mass is 489 g/mol. The van der Waals surface area contributed by atoms with E-state index < -0.39 is 9.84 Å². The molecule has 0 bridgehead atoms. The minimum Gasteiger partial charge on any atom is -0.338 e. The van der Waals surface area contributed by atoms with Crippen molar-refractivity contribution in [3.05, 3.63) is 42.2 Å². The Morgan fingerprint density at radius 1 is 1.25 bits per heavy atom. The highest BCUT2D eigenvalue weighted by Crippen LogP contribution is 2.36. The lowest BCUT2D eigenvalue weighted by atomic mass is 10.1. The van der Waals surface area contributed by atoms with Crippen molar-refractivity contribution in [1.82, 2.24) is 14.9 Å². The second-order valence-electron chi connectivity index (χ2n) is 8.56. The van der Waals surface area contributed by atoms with Crippen molar-refractivity contribution in [2.24, 2.45) is 5.92 Å². The van der Waals surface area contributed by atoms with Gasteiger partial charge in [-0.25, -0.2) is 18.4 Å². The molecule has 1 amide bonds. The van der Waals surface area contributed by atoms with Gasteiger partial charge in [-0.1, -0.05) is 55.9 Å². The highest BCUT2D eigenvalue weighted by molar-refractivity contribution is 8.00. The number of thiophene rings is 1. The number of thioether (sulfide) groups is 1. The van der Waals surface area contributed by atoms with Gasteiger partial charge in [-0.3, -0.25) is 4.79 Å². The van der Waals surface area contributed by atoms with Crippen LogP contribution >= 0.6 is 23.1 Å². The van der Waals surface area contributed by atoms with E-state index >= 15 is 0 Å². The number of carbonyl (C=O) groups excluding carboxylic acids is 1. The third kappa shape index (κ3) is 5.32. The number of nitrogens with zero attached hydrogens (tertiary/aromatic N) is 3. The Bertz CT molecular complexity index is 1220. The van der Waals surface area contributed by atoms with Crippen molar-refractivity contribution in [1.29, 1.82) is 0 Å². The number of carbonyl (C=O) groups is 1. The summed E-state index contributed by atoms with van der Waals surface area (Å²) < 4.78 is 24.0. The predicted octanol–water partition coefficient (Wildman–Crippen LogP) is 4.43. The molecule has 3 aromatic rings. The van der Waals surface area contributed by atoms with Gasteiger partial charge in [0.15, 0.2) is 9.84 Å². The zero-order chi connectivity index (χ0) is 22.9. The van der Waals surface area contributed by atoms with E-state index in [1.54, 1.807) is 16.2 Å². The lowest BCUT2D eigenvalue weighted by molar-refractivity contribution is -0.130. The summed E-state index contributed by atoms with van der Waals surface area (Å²) in [5.41, 5.74) is 1.13. The van der Waals surface area contributed by atoms with Crippen molar-refractivity contribution in [3.63, 3.8) is 0 Å². The molecule has 2 aromatic heterocycles. The summed E-state index contributed by atoms with van der Waals surface area (Å²) in [5, 5.41) is 1.75. The SMILES string of the molecule is Cc1nc(SCC(=O)N(CC(C)C)C2CCS(=O)(=O)C2)c2cc(-c3ccccc3)sc2n1. The number of amides is 1. The van der Waals surface area contributed by atoms with Gasteiger partial charge in [-0.15, -0.1) is 11.3 Å². The number of aromatic nitrogens is 2. The lowest BCUT2D eigenvalue weighted by Gasteiger charge is -2.30. The summed E-state index contributed by atoms with van der Waals surface area (Å²) in [7, 11) is -3.05. The van der Waals surface area contributed by atoms with E-state index in [1.165, 1.54) is 11.8 Å². The summed E-state index contributed by atoms with van der Waals surface area (Å²) in [6.45, 7) is 6.52. The Morgan fingerprint density at radius 2 is 2.00 bits per heavy atom. The first-order chi connectivity index (χ1) is 15.2. The number of rotatable bonds is 7. The van der Waals surface area contributed by atoms with Crippen LogP contribution in [-0.2, 0) is 14.6 Å². The van der Waals surface area contributed by atoms with Crippen LogP contribution in [0.2, 0.25) is 0 Å². The van der Waals surface area contributed by atoms with E-state index in [4.69, 9.17) is 0 Å². The second kappa shape index (κ2) is 9.49. The molecule has 0 N–H and O–H groups in total. The molecule has 0 spiro atoms. The molecule has 0 saturated carbocycles. The fourth-order valence-corrected chi connectivity index (χ4v) is 7.75. The summed E-state index contributed by atoms with van der Waals surface area (Å²) >= 11 is 3.03. The van der Waals surface area contributed by atoms with Crippen LogP contribution in [0.4, 0.5) is 0 Å². The first kappa shape index (κ1) is 23.2. The van der Waals surface area contributed by atoms with Crippen LogP contribution in [0.5, 0.6) is 0 Å². The van der Waals surface area contributed by atoms with Crippen LogP contribution in [-0.4, -0.2) is 59.0 Å². The molecule has 1 atom stereocenters. The molecular weight excluding hydrogens is 462 g/mol. The van der Waals surface area contributed by atoms with Crippen molar-refractivity contribution in [2.45, 2.75) is 38.3 Å².